The third-order valence-corrected chi connectivity index (χ3v) is 9.73. The lowest BCUT2D eigenvalue weighted by molar-refractivity contribution is -0.151. The molecule has 1 spiro atoms. The van der Waals surface area contributed by atoms with Gasteiger partial charge in [-0.25, -0.2) is 9.80 Å². The number of hydrogen-bond donors (Lipinski definition) is 0. The van der Waals surface area contributed by atoms with Crippen molar-refractivity contribution in [1.82, 2.24) is 0 Å². The van der Waals surface area contributed by atoms with Gasteiger partial charge in [-0.05, 0) is 57.4 Å². The van der Waals surface area contributed by atoms with Crippen LogP contribution in [0.2, 0.25) is 0 Å². The molecule has 0 unspecified atom stereocenters. The average Bonchev–Trinajstić information content (AvgIpc) is 3.40. The van der Waals surface area contributed by atoms with Crippen LogP contribution in [0.25, 0.3) is 0 Å². The van der Waals surface area contributed by atoms with Gasteiger partial charge in [-0.2, -0.15) is 0 Å². The van der Waals surface area contributed by atoms with Crippen LogP contribution in [0, 0.1) is 35.0 Å². The number of hydrogen-bond acceptors (Lipinski definition) is 6. The van der Waals surface area contributed by atoms with E-state index in [9.17, 15) is 19.2 Å². The number of amides is 4. The molecule has 4 fully saturated rings. The predicted molar refractivity (Wildman–Crippen MR) is 147 cm³/mol. The van der Waals surface area contributed by atoms with Gasteiger partial charge in [-0.1, -0.05) is 42.3 Å². The van der Waals surface area contributed by atoms with Crippen molar-refractivity contribution in [3.05, 3.63) is 60.2 Å². The van der Waals surface area contributed by atoms with E-state index in [4.69, 9.17) is 9.47 Å². The Balaban J connectivity index is 1.37. The largest absolute Gasteiger partial charge is 0.492 e. The summed E-state index contributed by atoms with van der Waals surface area (Å²) in [6.45, 7) is 4.50. The van der Waals surface area contributed by atoms with Crippen LogP contribution in [0.15, 0.2) is 60.2 Å². The van der Waals surface area contributed by atoms with Crippen molar-refractivity contribution in [3.63, 3.8) is 0 Å². The van der Waals surface area contributed by atoms with Gasteiger partial charge < -0.3 is 9.47 Å². The summed E-state index contributed by atoms with van der Waals surface area (Å²) in [4.78, 5) is 59.8. The maximum absolute atomic E-state index is 14.4. The molecule has 40 heavy (non-hydrogen) atoms. The van der Waals surface area contributed by atoms with Crippen LogP contribution < -0.4 is 19.3 Å². The van der Waals surface area contributed by atoms with Gasteiger partial charge in [0.2, 0.25) is 23.6 Å². The Morgan fingerprint density at radius 2 is 1.23 bits per heavy atom. The van der Waals surface area contributed by atoms with Crippen molar-refractivity contribution in [2.75, 3.05) is 23.0 Å². The molecule has 4 amide bonds. The van der Waals surface area contributed by atoms with Gasteiger partial charge in [0.1, 0.15) is 11.5 Å². The van der Waals surface area contributed by atoms with Crippen molar-refractivity contribution in [3.8, 4) is 11.5 Å². The standard InChI is InChI=1S/C32H32N2O6/c1-3-39-22-14-7-5-12-20(22)33-28(35)24-19-17-18-11-9-10-16-32(18,26(24)30(33)37)27-25(19)29(36)34(31(27)38)21-13-6-8-15-23(21)40-4-2/h5-8,12-15,17,19,24-27H,3-4,9-11,16H2,1-2H3/t19?,24-,25-,26-,27-,32?/m1/s1. The third-order valence-electron chi connectivity index (χ3n) is 9.73. The summed E-state index contributed by atoms with van der Waals surface area (Å²) < 4.78 is 11.6. The van der Waals surface area contributed by atoms with E-state index in [2.05, 4.69) is 6.08 Å². The molecule has 4 atom stereocenters. The fraction of sp³-hybridized carbons (Fsp3) is 0.438. The fourth-order valence-corrected chi connectivity index (χ4v) is 8.49. The molecular formula is C32H32N2O6. The molecule has 2 bridgehead atoms. The van der Waals surface area contributed by atoms with Gasteiger partial charge in [0.05, 0.1) is 48.3 Å². The van der Waals surface area contributed by atoms with Gasteiger partial charge in [0.15, 0.2) is 0 Å². The second-order valence-corrected chi connectivity index (χ2v) is 11.3. The normalized spacial score (nSPS) is 32.1. The number of para-hydroxylation sites is 4. The maximum Gasteiger partial charge on any atom is 0.238 e. The monoisotopic (exact) mass is 540 g/mol. The summed E-state index contributed by atoms with van der Waals surface area (Å²) in [6.07, 6.45) is 5.27. The van der Waals surface area contributed by atoms with E-state index < -0.39 is 35.0 Å². The molecule has 0 radical (unpaired) electrons. The Kier molecular flexibility index (Phi) is 5.67. The zero-order valence-corrected chi connectivity index (χ0v) is 22.7. The number of ether oxygens (including phenoxy) is 2. The Morgan fingerprint density at radius 3 is 1.73 bits per heavy atom. The van der Waals surface area contributed by atoms with E-state index in [0.717, 1.165) is 24.8 Å². The first-order valence-electron chi connectivity index (χ1n) is 14.4. The highest BCUT2D eigenvalue weighted by Crippen LogP contribution is 2.70. The lowest BCUT2D eigenvalue weighted by Gasteiger charge is -2.58. The molecule has 2 heterocycles. The van der Waals surface area contributed by atoms with Crippen LogP contribution in [0.4, 0.5) is 11.4 Å². The number of rotatable bonds is 6. The molecule has 8 rings (SSSR count). The number of nitrogens with zero attached hydrogens (tertiary/aromatic N) is 2. The van der Waals surface area contributed by atoms with Gasteiger partial charge in [-0.15, -0.1) is 0 Å². The SMILES string of the molecule is CCOc1ccccc1N1C(=O)[C@@H]2C3C=C4CCCCC4([C@H]2C1=O)[C@H]1C(=O)N(c2ccccc2OCC)C(=O)[C@H]31. The van der Waals surface area contributed by atoms with Gasteiger partial charge in [0.25, 0.3) is 0 Å². The summed E-state index contributed by atoms with van der Waals surface area (Å²) in [5, 5.41) is 0. The average molecular weight is 541 g/mol. The van der Waals surface area contributed by atoms with Crippen LogP contribution in [-0.2, 0) is 19.2 Å². The van der Waals surface area contributed by atoms with Gasteiger partial charge in [0, 0.05) is 11.3 Å². The third kappa shape index (κ3) is 3.07. The highest BCUT2D eigenvalue weighted by Gasteiger charge is 2.76. The van der Waals surface area contributed by atoms with Crippen molar-refractivity contribution in [1.29, 1.82) is 0 Å². The molecule has 8 nitrogen and oxygen atoms in total. The second kappa shape index (κ2) is 9.04. The summed E-state index contributed by atoms with van der Waals surface area (Å²) in [6, 6.07) is 14.2. The Hall–Kier alpha value is -3.94. The predicted octanol–water partition coefficient (Wildman–Crippen LogP) is 4.53. The molecular weight excluding hydrogens is 508 g/mol. The molecule has 2 aromatic rings. The summed E-state index contributed by atoms with van der Waals surface area (Å²) in [5.41, 5.74) is 1.08. The highest BCUT2D eigenvalue weighted by atomic mass is 16.5. The lowest BCUT2D eigenvalue weighted by atomic mass is 9.41. The molecule has 6 aliphatic rings. The zero-order chi connectivity index (χ0) is 27.8. The quantitative estimate of drug-likeness (QED) is 0.395. The minimum absolute atomic E-state index is 0.286. The van der Waals surface area contributed by atoms with E-state index in [0.29, 0.717) is 42.5 Å². The Labute approximate surface area is 232 Å². The fourth-order valence-electron chi connectivity index (χ4n) is 8.49. The first-order valence-corrected chi connectivity index (χ1v) is 14.4. The highest BCUT2D eigenvalue weighted by molar-refractivity contribution is 6.27. The number of benzene rings is 2. The number of carbonyl (C=O) groups is 4. The first kappa shape index (κ1) is 25.1. The molecule has 0 aromatic heterocycles. The Morgan fingerprint density at radius 1 is 0.725 bits per heavy atom. The molecule has 4 aliphatic carbocycles. The van der Waals surface area contributed by atoms with E-state index >= 15 is 0 Å². The zero-order valence-electron chi connectivity index (χ0n) is 22.7. The number of imide groups is 2. The van der Waals surface area contributed by atoms with Crippen LogP contribution in [0.3, 0.4) is 0 Å². The molecule has 2 saturated heterocycles. The number of anilines is 2. The minimum Gasteiger partial charge on any atom is -0.492 e. The molecule has 2 aliphatic heterocycles. The van der Waals surface area contributed by atoms with E-state index in [1.54, 1.807) is 36.4 Å². The van der Waals surface area contributed by atoms with E-state index in [-0.39, 0.29) is 23.6 Å². The van der Waals surface area contributed by atoms with Crippen LogP contribution in [-0.4, -0.2) is 36.8 Å². The van der Waals surface area contributed by atoms with Crippen LogP contribution in [0.1, 0.15) is 39.5 Å². The van der Waals surface area contributed by atoms with Crippen molar-refractivity contribution < 1.29 is 28.7 Å². The number of carbonyl (C=O) groups excluding carboxylic acids is 4. The van der Waals surface area contributed by atoms with Crippen LogP contribution in [0.5, 0.6) is 11.5 Å². The van der Waals surface area contributed by atoms with E-state index in [1.165, 1.54) is 9.80 Å². The summed E-state index contributed by atoms with van der Waals surface area (Å²) >= 11 is 0. The molecule has 0 N–H and O–H groups in total. The first-order chi connectivity index (χ1) is 19.5. The van der Waals surface area contributed by atoms with Crippen molar-refractivity contribution >= 4 is 35.0 Å². The topological polar surface area (TPSA) is 93.2 Å². The molecule has 206 valence electrons. The molecule has 8 heteroatoms. The van der Waals surface area contributed by atoms with Crippen molar-refractivity contribution in [2.45, 2.75) is 39.5 Å². The smallest absolute Gasteiger partial charge is 0.238 e. The number of allylic oxidation sites excluding steroid dienone is 2. The maximum atomic E-state index is 14.4. The second-order valence-electron chi connectivity index (χ2n) is 11.3. The Bertz CT molecular complexity index is 1390. The van der Waals surface area contributed by atoms with Gasteiger partial charge >= 0.3 is 0 Å². The van der Waals surface area contributed by atoms with E-state index in [1.807, 2.05) is 26.0 Å². The lowest BCUT2D eigenvalue weighted by Crippen LogP contribution is -2.60. The summed E-state index contributed by atoms with van der Waals surface area (Å²) in [5.74, 6) is -3.51. The van der Waals surface area contributed by atoms with Crippen LogP contribution >= 0.6 is 0 Å². The minimum atomic E-state index is -0.855. The summed E-state index contributed by atoms with van der Waals surface area (Å²) in [7, 11) is 0. The van der Waals surface area contributed by atoms with Gasteiger partial charge in [-0.3, -0.25) is 19.2 Å². The van der Waals surface area contributed by atoms with Crippen molar-refractivity contribution in [2.24, 2.45) is 35.0 Å². The molecule has 2 saturated carbocycles. The molecule has 2 aromatic carbocycles.